The van der Waals surface area contributed by atoms with Crippen LogP contribution in [0.15, 0.2) is 187 Å². The minimum Gasteiger partial charge on any atom is -0.505 e. The van der Waals surface area contributed by atoms with E-state index in [0.29, 0.717) is 64.5 Å². The van der Waals surface area contributed by atoms with Crippen LogP contribution in [-0.4, -0.2) is 145 Å². The number of ketones is 2. The summed E-state index contributed by atoms with van der Waals surface area (Å²) in [5.74, 6) is -1.32. The molecule has 8 aromatic rings. The van der Waals surface area contributed by atoms with Gasteiger partial charge in [0.1, 0.15) is 11.4 Å². The monoisotopic (exact) mass is 1330 g/mol. The molecule has 0 unspecified atom stereocenters. The van der Waals surface area contributed by atoms with Crippen molar-refractivity contribution < 1.29 is 49.9 Å². The van der Waals surface area contributed by atoms with Crippen LogP contribution in [0.5, 0.6) is 11.5 Å². The van der Waals surface area contributed by atoms with E-state index in [2.05, 4.69) is 63.8 Å². The van der Waals surface area contributed by atoms with Crippen molar-refractivity contribution in [3.63, 3.8) is 0 Å². The van der Waals surface area contributed by atoms with E-state index in [0.717, 1.165) is 69.0 Å². The van der Waals surface area contributed by atoms with E-state index in [9.17, 15) is 49.9 Å². The molecule has 8 aromatic carbocycles. The van der Waals surface area contributed by atoms with Crippen molar-refractivity contribution in [3.8, 4) is 11.5 Å². The lowest BCUT2D eigenvalue weighted by molar-refractivity contribution is -0.115. The summed E-state index contributed by atoms with van der Waals surface area (Å²) in [6, 6.07) is 41.2. The Morgan fingerprint density at radius 1 is 0.489 bits per heavy atom. The second-order valence-corrected chi connectivity index (χ2v) is 28.2. The van der Waals surface area contributed by atoms with E-state index >= 15 is 0 Å². The molecule has 0 aliphatic carbocycles. The number of Topliss-reactive ketones (excluding diaryl/α,β-unsaturated/α-hetero) is 2. The normalized spacial score (nSPS) is 12.8. The van der Waals surface area contributed by atoms with Crippen LogP contribution in [0.2, 0.25) is 0 Å². The molecule has 0 aromatic heterocycles. The summed E-state index contributed by atoms with van der Waals surface area (Å²) in [5, 5.41) is 44.9. The van der Waals surface area contributed by atoms with Crippen LogP contribution >= 0.6 is 0 Å². The number of phenols is 2. The number of carbonyl (C=O) groups is 3. The summed E-state index contributed by atoms with van der Waals surface area (Å²) in [7, 11) is -10.8. The van der Waals surface area contributed by atoms with Gasteiger partial charge in [-0.2, -0.15) is 10.2 Å². The summed E-state index contributed by atoms with van der Waals surface area (Å²) in [6.45, 7) is 20.2. The number of rotatable bonds is 32. The van der Waals surface area contributed by atoms with Crippen molar-refractivity contribution in [2.45, 2.75) is 88.3 Å². The van der Waals surface area contributed by atoms with Gasteiger partial charge in [0, 0.05) is 55.5 Å². The summed E-state index contributed by atoms with van der Waals surface area (Å²) in [6.07, 6.45) is 1.61. The number of fused-ring (bicyclic) bond motifs is 3. The highest BCUT2D eigenvalue weighted by Gasteiger charge is 2.24. The van der Waals surface area contributed by atoms with Crippen LogP contribution in [-0.2, 0) is 53.9 Å². The van der Waals surface area contributed by atoms with Gasteiger partial charge in [0.15, 0.2) is 32.9 Å². The van der Waals surface area contributed by atoms with Crippen molar-refractivity contribution in [1.82, 2.24) is 24.1 Å². The maximum absolute atomic E-state index is 13.5. The molecule has 5 N–H and O–H groups in total. The first-order valence-electron chi connectivity index (χ1n) is 31.6. The van der Waals surface area contributed by atoms with E-state index in [4.69, 9.17) is 0 Å². The van der Waals surface area contributed by atoms with Gasteiger partial charge in [0.25, 0.3) is 0 Å². The molecule has 0 spiro atoms. The SMILES string of the molecule is CCN(CC)CCCCS(=O)(=O)c1ccc(CC(=O)c2cc3ccccc3c(N=Nc3ccc(S(=O)(=O)NCCN(CC)CC)cc3)c2O)cc1.CCN(CC)CCNS(=O)(=O)c1ccc(N=Nc2c(O)c(C(=O)Cc3ccc4c(c3)CC(=O)N4)cc3ccccc23)cc1. The fraction of sp³-hybridized carbons (Fsp3) is 0.329. The Balaban J connectivity index is 0.000000244. The van der Waals surface area contributed by atoms with Crippen LogP contribution in [0.3, 0.4) is 0 Å². The van der Waals surface area contributed by atoms with Crippen molar-refractivity contribution in [1.29, 1.82) is 0 Å². The Hall–Kier alpha value is -8.46. The lowest BCUT2D eigenvalue weighted by Crippen LogP contribution is -2.34. The van der Waals surface area contributed by atoms with Crippen molar-refractivity contribution in [2.24, 2.45) is 20.5 Å². The highest BCUT2D eigenvalue weighted by atomic mass is 32.2. The zero-order chi connectivity index (χ0) is 67.6. The van der Waals surface area contributed by atoms with Gasteiger partial charge in [0.2, 0.25) is 26.0 Å². The fourth-order valence-corrected chi connectivity index (χ4v) is 14.3. The second-order valence-electron chi connectivity index (χ2n) is 22.5. The van der Waals surface area contributed by atoms with Gasteiger partial charge >= 0.3 is 0 Å². The quantitative estimate of drug-likeness (QED) is 0.0149. The first-order valence-corrected chi connectivity index (χ1v) is 36.2. The number of hydrogen-bond donors (Lipinski definition) is 5. The van der Waals surface area contributed by atoms with Crippen LogP contribution in [0.25, 0.3) is 21.5 Å². The number of nitrogens with one attached hydrogen (secondary N) is 3. The van der Waals surface area contributed by atoms with Gasteiger partial charge in [-0.25, -0.2) is 34.7 Å². The highest BCUT2D eigenvalue weighted by molar-refractivity contribution is 7.91. The topological polar surface area (TPSA) is 289 Å². The number of nitrogens with zero attached hydrogens (tertiary/aromatic N) is 7. The zero-order valence-corrected chi connectivity index (χ0v) is 56.3. The molecule has 1 heterocycles. The van der Waals surface area contributed by atoms with Gasteiger partial charge < -0.3 is 30.2 Å². The Morgan fingerprint density at radius 2 is 0.904 bits per heavy atom. The van der Waals surface area contributed by atoms with Gasteiger partial charge in [-0.15, -0.1) is 10.2 Å². The smallest absolute Gasteiger partial charge is 0.240 e. The molecule has 1 aliphatic heterocycles. The van der Waals surface area contributed by atoms with Gasteiger partial charge in [0.05, 0.1) is 49.4 Å². The molecule has 9 rings (SSSR count). The molecule has 0 radical (unpaired) electrons. The Bertz CT molecular complexity index is 4390. The van der Waals surface area contributed by atoms with Gasteiger partial charge in [-0.1, -0.05) is 114 Å². The lowest BCUT2D eigenvalue weighted by atomic mass is 9.96. The van der Waals surface area contributed by atoms with E-state index in [1.807, 2.05) is 52.0 Å². The minimum absolute atomic E-state index is 0.0306. The predicted molar refractivity (Wildman–Crippen MR) is 369 cm³/mol. The molecule has 1 amide bonds. The predicted octanol–water partition coefficient (Wildman–Crippen LogP) is 12.4. The molecule has 0 saturated carbocycles. The molecule has 0 saturated heterocycles. The molecule has 24 heteroatoms. The molecule has 94 heavy (non-hydrogen) atoms. The number of sulfonamides is 2. The molecule has 0 bridgehead atoms. The lowest BCUT2D eigenvalue weighted by Gasteiger charge is -2.18. The number of phenolic OH excluding ortho intramolecular Hbond substituents is 2. The molecule has 0 fully saturated rings. The number of likely N-dealkylation sites (N-methyl/N-ethyl adjacent to an activating group) is 2. The summed E-state index contributed by atoms with van der Waals surface area (Å²) in [4.78, 5) is 45.5. The molecule has 1 aliphatic rings. The largest absolute Gasteiger partial charge is 0.505 e. The van der Waals surface area contributed by atoms with E-state index in [-0.39, 0.29) is 97.7 Å². The van der Waals surface area contributed by atoms with E-state index < -0.39 is 29.9 Å². The Morgan fingerprint density at radius 3 is 1.36 bits per heavy atom. The third kappa shape index (κ3) is 18.7. The highest BCUT2D eigenvalue weighted by Crippen LogP contribution is 2.42. The number of benzene rings is 8. The number of sulfone groups is 1. The Kier molecular flexibility index (Phi) is 25.1. The standard InChI is InChI=1S/C38H49N5O6S2.C32H33N5O5S/c1-5-42(6-2)24-11-12-26-50(46,47)32-19-15-29(16-20-32)27-36(44)35-28-30-13-9-10-14-34(30)37(38(35)45)41-40-31-17-21-33(22-18-31)51(48,49)39-23-25-43(7-3)8-4;1-3-37(4-2)16-15-33-43(41,42)25-12-10-24(11-13-25)35-36-31-26-8-6-5-7-22(26)19-27(32(31)40)29(38)18-21-9-14-28-23(17-21)20-30(39)34-28/h9-10,13-22,28,39,45H,5-8,11-12,23-27H2,1-4H3;5-14,17,19,33,40H,3-4,15-16,18,20H2,1-2H3,(H,34,39). The van der Waals surface area contributed by atoms with Gasteiger partial charge in [-0.05, 0) is 165 Å². The van der Waals surface area contributed by atoms with Crippen LogP contribution in [0.1, 0.15) is 91.8 Å². The second kappa shape index (κ2) is 33.1. The molecule has 0 atom stereocenters. The first kappa shape index (κ1) is 71.4. The number of azo groups is 2. The van der Waals surface area contributed by atoms with Crippen molar-refractivity contribution >= 4 is 97.3 Å². The number of carbonyl (C=O) groups excluding carboxylic acids is 3. The third-order valence-electron chi connectivity index (χ3n) is 16.5. The maximum atomic E-state index is 13.5. The van der Waals surface area contributed by atoms with Crippen LogP contribution in [0, 0.1) is 0 Å². The molecular weight excluding hydrogens is 1250 g/mol. The summed E-state index contributed by atoms with van der Waals surface area (Å²) >= 11 is 0. The average Bonchev–Trinajstić information content (AvgIpc) is 0.933. The van der Waals surface area contributed by atoms with Crippen LogP contribution in [0.4, 0.5) is 28.4 Å². The van der Waals surface area contributed by atoms with E-state index in [1.54, 1.807) is 66.7 Å². The molecule has 496 valence electrons. The number of aromatic hydroxyl groups is 2. The average molecular weight is 1340 g/mol. The minimum atomic E-state index is -3.71. The van der Waals surface area contributed by atoms with Crippen LogP contribution < -0.4 is 14.8 Å². The number of hydrogen-bond acceptors (Lipinski definition) is 18. The zero-order valence-electron chi connectivity index (χ0n) is 53.9. The first-order chi connectivity index (χ1) is 45.1. The fourth-order valence-electron chi connectivity index (χ4n) is 10.8. The maximum Gasteiger partial charge on any atom is 0.240 e. The third-order valence-corrected chi connectivity index (χ3v) is 21.3. The number of unbranched alkanes of at least 4 members (excludes halogenated alkanes) is 1. The summed E-state index contributed by atoms with van der Waals surface area (Å²) in [5.41, 5.74) is 4.07. The number of amides is 1. The Labute approximate surface area is 551 Å². The summed E-state index contributed by atoms with van der Waals surface area (Å²) < 4.78 is 82.0. The van der Waals surface area contributed by atoms with Crippen molar-refractivity contribution in [3.05, 3.63) is 179 Å². The van der Waals surface area contributed by atoms with E-state index in [1.165, 1.54) is 60.7 Å². The molecular formula is C70H82N10O11S3. The van der Waals surface area contributed by atoms with Crippen molar-refractivity contribution in [2.75, 3.05) is 83.1 Å². The number of anilines is 1. The van der Waals surface area contributed by atoms with Gasteiger partial charge in [-0.3, -0.25) is 14.4 Å². The molecule has 21 nitrogen and oxygen atoms in total.